The number of nitrogens with zero attached hydrogens (tertiary/aromatic N) is 1. The highest BCUT2D eigenvalue weighted by atomic mass is 16.4. The Labute approximate surface area is 153 Å². The molecule has 1 aliphatic carbocycles. The van der Waals surface area contributed by atoms with E-state index in [-0.39, 0.29) is 17.2 Å². The zero-order valence-corrected chi connectivity index (χ0v) is 15.6. The number of hydrogen-bond donors (Lipinski definition) is 2. The van der Waals surface area contributed by atoms with Gasteiger partial charge in [0.25, 0.3) is 5.91 Å². The molecule has 2 fully saturated rings. The zero-order chi connectivity index (χ0) is 18.6. The molecule has 0 spiro atoms. The van der Waals surface area contributed by atoms with Crippen molar-refractivity contribution in [1.82, 2.24) is 9.88 Å². The van der Waals surface area contributed by atoms with Gasteiger partial charge in [0.05, 0.1) is 5.92 Å². The second kappa shape index (κ2) is 5.86. The van der Waals surface area contributed by atoms with Crippen LogP contribution in [0.15, 0.2) is 24.3 Å². The molecule has 5 heteroatoms. The van der Waals surface area contributed by atoms with Gasteiger partial charge in [0.15, 0.2) is 0 Å². The molecule has 2 aromatic rings. The van der Waals surface area contributed by atoms with Crippen molar-refractivity contribution in [2.75, 3.05) is 13.1 Å². The van der Waals surface area contributed by atoms with E-state index in [1.54, 1.807) is 4.90 Å². The van der Waals surface area contributed by atoms with Crippen LogP contribution in [0, 0.1) is 17.8 Å². The van der Waals surface area contributed by atoms with E-state index in [0.717, 1.165) is 23.7 Å². The Bertz CT molecular complexity index is 873. The van der Waals surface area contributed by atoms with E-state index in [1.807, 2.05) is 12.1 Å². The molecule has 5 nitrogen and oxygen atoms in total. The average molecular weight is 354 g/mol. The number of amides is 1. The first-order valence-electron chi connectivity index (χ1n) is 9.39. The molecule has 4 rings (SSSR count). The van der Waals surface area contributed by atoms with Gasteiger partial charge in [-0.25, -0.2) is 0 Å². The van der Waals surface area contributed by atoms with Crippen LogP contribution in [0.2, 0.25) is 0 Å². The Hall–Kier alpha value is -2.30. The van der Waals surface area contributed by atoms with Gasteiger partial charge in [0.1, 0.15) is 5.69 Å². The minimum absolute atomic E-state index is 0.0462. The van der Waals surface area contributed by atoms with Crippen molar-refractivity contribution >= 4 is 22.8 Å². The molecule has 2 aliphatic rings. The summed E-state index contributed by atoms with van der Waals surface area (Å²) >= 11 is 0. The molecule has 2 N–H and O–H groups in total. The predicted molar refractivity (Wildman–Crippen MR) is 100 cm³/mol. The summed E-state index contributed by atoms with van der Waals surface area (Å²) in [6.45, 7) is 7.37. The van der Waals surface area contributed by atoms with Gasteiger partial charge in [-0.05, 0) is 47.8 Å². The number of carbonyl (C=O) groups is 2. The van der Waals surface area contributed by atoms with Crippen LogP contribution in [-0.2, 0) is 10.2 Å². The number of fused-ring (bicyclic) bond motifs is 1. The topological polar surface area (TPSA) is 73.4 Å². The number of benzene rings is 1. The van der Waals surface area contributed by atoms with Crippen molar-refractivity contribution in [3.8, 4) is 0 Å². The summed E-state index contributed by atoms with van der Waals surface area (Å²) in [5.41, 5.74) is 2.76. The quantitative estimate of drug-likeness (QED) is 0.884. The monoisotopic (exact) mass is 354 g/mol. The smallest absolute Gasteiger partial charge is 0.308 e. The van der Waals surface area contributed by atoms with Crippen LogP contribution in [0.3, 0.4) is 0 Å². The van der Waals surface area contributed by atoms with Crippen LogP contribution in [-0.4, -0.2) is 40.0 Å². The molecule has 1 saturated carbocycles. The second-order valence-electron chi connectivity index (χ2n) is 8.89. The summed E-state index contributed by atoms with van der Waals surface area (Å²) in [7, 11) is 0. The molecule has 2 heterocycles. The number of rotatable bonds is 3. The largest absolute Gasteiger partial charge is 0.481 e. The average Bonchev–Trinajstić information content (AvgIpc) is 3.17. The minimum Gasteiger partial charge on any atom is -0.481 e. The molecule has 26 heavy (non-hydrogen) atoms. The zero-order valence-electron chi connectivity index (χ0n) is 15.6. The van der Waals surface area contributed by atoms with Gasteiger partial charge in [0.2, 0.25) is 0 Å². The number of carbonyl (C=O) groups excluding carboxylic acids is 1. The molecular formula is C21H26N2O3. The van der Waals surface area contributed by atoms with E-state index < -0.39 is 11.9 Å². The third kappa shape index (κ3) is 3.00. The highest BCUT2D eigenvalue weighted by Crippen LogP contribution is 2.44. The maximum atomic E-state index is 13.0. The summed E-state index contributed by atoms with van der Waals surface area (Å²) in [4.78, 5) is 29.5. The first-order chi connectivity index (χ1) is 12.2. The van der Waals surface area contributed by atoms with Gasteiger partial charge in [-0.3, -0.25) is 9.59 Å². The third-order valence-corrected chi connectivity index (χ3v) is 5.92. The summed E-state index contributed by atoms with van der Waals surface area (Å²) in [6.07, 6.45) is 2.19. The van der Waals surface area contributed by atoms with Gasteiger partial charge in [-0.1, -0.05) is 32.9 Å². The maximum absolute atomic E-state index is 13.0. The van der Waals surface area contributed by atoms with E-state index in [0.29, 0.717) is 24.7 Å². The maximum Gasteiger partial charge on any atom is 0.308 e. The molecule has 1 aromatic carbocycles. The lowest BCUT2D eigenvalue weighted by Gasteiger charge is -2.18. The molecule has 0 radical (unpaired) electrons. The Balaban J connectivity index is 1.59. The Morgan fingerprint density at radius 2 is 1.88 bits per heavy atom. The number of aromatic nitrogens is 1. The third-order valence-electron chi connectivity index (χ3n) is 5.92. The van der Waals surface area contributed by atoms with Gasteiger partial charge >= 0.3 is 5.97 Å². The summed E-state index contributed by atoms with van der Waals surface area (Å²) in [5, 5.41) is 10.5. The highest BCUT2D eigenvalue weighted by Gasteiger charge is 2.47. The molecule has 2 atom stereocenters. The second-order valence-corrected chi connectivity index (χ2v) is 8.89. The van der Waals surface area contributed by atoms with Crippen molar-refractivity contribution < 1.29 is 14.7 Å². The standard InChI is InChI=1S/C21H26N2O3/c1-21(2,3)14-7-6-13-8-18(22-17(13)9-14)19(24)23-10-15(12-4-5-12)16(11-23)20(25)26/h6-9,12,15-16,22H,4-5,10-11H2,1-3H3,(H,25,26)/t15-,16+/m1/s1. The predicted octanol–water partition coefficient (Wildman–Crippen LogP) is 3.65. The number of likely N-dealkylation sites (tertiary alicyclic amines) is 1. The lowest BCUT2D eigenvalue weighted by molar-refractivity contribution is -0.142. The molecule has 1 aliphatic heterocycles. The van der Waals surface area contributed by atoms with Crippen LogP contribution in [0.25, 0.3) is 10.9 Å². The van der Waals surface area contributed by atoms with E-state index >= 15 is 0 Å². The number of hydrogen-bond acceptors (Lipinski definition) is 2. The van der Waals surface area contributed by atoms with Crippen molar-refractivity contribution in [1.29, 1.82) is 0 Å². The van der Waals surface area contributed by atoms with Crippen LogP contribution in [0.5, 0.6) is 0 Å². The highest BCUT2D eigenvalue weighted by molar-refractivity contribution is 5.98. The molecule has 0 unspecified atom stereocenters. The number of carboxylic acids is 1. The normalized spacial score (nSPS) is 23.6. The number of nitrogens with one attached hydrogen (secondary N) is 1. The lowest BCUT2D eigenvalue weighted by atomic mass is 9.87. The fraction of sp³-hybridized carbons (Fsp3) is 0.524. The first-order valence-corrected chi connectivity index (χ1v) is 9.39. The van der Waals surface area contributed by atoms with E-state index in [2.05, 4.69) is 37.9 Å². The summed E-state index contributed by atoms with van der Waals surface area (Å²) < 4.78 is 0. The van der Waals surface area contributed by atoms with Crippen molar-refractivity contribution in [3.63, 3.8) is 0 Å². The molecule has 0 bridgehead atoms. The molecule has 138 valence electrons. The SMILES string of the molecule is CC(C)(C)c1ccc2cc(C(=O)N3C[C@H](C(=O)O)[C@@H](C4CC4)C3)[nH]c2c1. The summed E-state index contributed by atoms with van der Waals surface area (Å²) in [5.74, 6) is -0.709. The van der Waals surface area contributed by atoms with E-state index in [4.69, 9.17) is 0 Å². The molecule has 1 amide bonds. The van der Waals surface area contributed by atoms with Gasteiger partial charge in [-0.2, -0.15) is 0 Å². The molecule has 1 aromatic heterocycles. The number of aliphatic carboxylic acids is 1. The van der Waals surface area contributed by atoms with Crippen molar-refractivity contribution in [2.24, 2.45) is 17.8 Å². The fourth-order valence-corrected chi connectivity index (χ4v) is 4.14. The van der Waals surface area contributed by atoms with Gasteiger partial charge < -0.3 is 15.0 Å². The van der Waals surface area contributed by atoms with Gasteiger partial charge in [0, 0.05) is 24.0 Å². The summed E-state index contributed by atoms with van der Waals surface area (Å²) in [6, 6.07) is 8.12. The Morgan fingerprint density at radius 1 is 1.15 bits per heavy atom. The van der Waals surface area contributed by atoms with Crippen LogP contribution < -0.4 is 0 Å². The lowest BCUT2D eigenvalue weighted by Crippen LogP contribution is -2.30. The molecular weight excluding hydrogens is 328 g/mol. The van der Waals surface area contributed by atoms with E-state index in [9.17, 15) is 14.7 Å². The number of aromatic amines is 1. The van der Waals surface area contributed by atoms with Crippen molar-refractivity contribution in [2.45, 2.75) is 39.0 Å². The van der Waals surface area contributed by atoms with E-state index in [1.165, 1.54) is 5.56 Å². The number of carboxylic acid groups (broad SMARTS) is 1. The van der Waals surface area contributed by atoms with Crippen LogP contribution >= 0.6 is 0 Å². The van der Waals surface area contributed by atoms with Crippen LogP contribution in [0.4, 0.5) is 0 Å². The Morgan fingerprint density at radius 3 is 2.50 bits per heavy atom. The Kier molecular flexibility index (Phi) is 3.86. The van der Waals surface area contributed by atoms with Gasteiger partial charge in [-0.15, -0.1) is 0 Å². The fourth-order valence-electron chi connectivity index (χ4n) is 4.14. The minimum atomic E-state index is -0.774. The molecule has 1 saturated heterocycles. The first kappa shape index (κ1) is 17.1. The van der Waals surface area contributed by atoms with Crippen LogP contribution in [0.1, 0.15) is 49.7 Å². The van der Waals surface area contributed by atoms with Crippen molar-refractivity contribution in [3.05, 3.63) is 35.5 Å². The number of H-pyrrole nitrogens is 1.